The number of thiocarbonyl (C=S) groups is 1. The molecule has 1 aromatic carbocycles. The summed E-state index contributed by atoms with van der Waals surface area (Å²) in [6.07, 6.45) is 3.06. The molecule has 9 nitrogen and oxygen atoms in total. The number of methoxy groups -OCH3 is 1. The predicted molar refractivity (Wildman–Crippen MR) is 121 cm³/mol. The van der Waals surface area contributed by atoms with Crippen LogP contribution >= 0.6 is 35.3 Å². The highest BCUT2D eigenvalue weighted by atomic mass is 32.2. The maximum atomic E-state index is 12.5. The van der Waals surface area contributed by atoms with E-state index in [0.717, 1.165) is 16.6 Å². The zero-order chi connectivity index (χ0) is 21.6. The molecule has 0 aliphatic carbocycles. The van der Waals surface area contributed by atoms with Crippen molar-refractivity contribution in [3.05, 3.63) is 52.7 Å². The molecule has 0 fully saturated rings. The lowest BCUT2D eigenvalue weighted by Crippen LogP contribution is -2.32. The Labute approximate surface area is 186 Å². The standard InChI is InChI=1S/C17H15N5O4S4/c1-26-16-15(20-29-21-16)22-30(24,25)13-7-4-11(5-8-13)18-17(27)19-14(23)9-6-12-3-2-10-28-12/h2-10H,1H3,(H,20,22)(H2,18,19,23,27). The third-order valence-electron chi connectivity index (χ3n) is 3.48. The molecule has 3 rings (SSSR count). The zero-order valence-corrected chi connectivity index (χ0v) is 18.6. The average molecular weight is 482 g/mol. The number of ether oxygens (including phenoxy) is 1. The number of thiophene rings is 1. The highest BCUT2D eigenvalue weighted by Crippen LogP contribution is 2.24. The monoisotopic (exact) mass is 481 g/mol. The summed E-state index contributed by atoms with van der Waals surface area (Å²) in [6.45, 7) is 0. The van der Waals surface area contributed by atoms with Crippen LogP contribution in [0.2, 0.25) is 0 Å². The van der Waals surface area contributed by atoms with Gasteiger partial charge >= 0.3 is 0 Å². The molecule has 0 radical (unpaired) electrons. The molecular weight excluding hydrogens is 466 g/mol. The van der Waals surface area contributed by atoms with Gasteiger partial charge in [0.1, 0.15) is 0 Å². The number of carbonyl (C=O) groups excluding carboxylic acids is 1. The number of sulfonamides is 1. The number of benzene rings is 1. The summed E-state index contributed by atoms with van der Waals surface area (Å²) in [5.74, 6) is -0.268. The topological polar surface area (TPSA) is 122 Å². The first kappa shape index (κ1) is 21.8. The minimum atomic E-state index is -3.87. The third kappa shape index (κ3) is 5.82. The molecule has 0 aliphatic heterocycles. The summed E-state index contributed by atoms with van der Waals surface area (Å²) in [4.78, 5) is 12.9. The van der Waals surface area contributed by atoms with Gasteiger partial charge in [-0.05, 0) is 54.0 Å². The lowest BCUT2D eigenvalue weighted by Gasteiger charge is -2.10. The predicted octanol–water partition coefficient (Wildman–Crippen LogP) is 2.94. The van der Waals surface area contributed by atoms with Gasteiger partial charge in [-0.1, -0.05) is 6.07 Å². The average Bonchev–Trinajstić information content (AvgIpc) is 3.38. The van der Waals surface area contributed by atoms with E-state index in [1.165, 1.54) is 48.8 Å². The van der Waals surface area contributed by atoms with E-state index in [1.54, 1.807) is 6.08 Å². The minimum Gasteiger partial charge on any atom is -0.478 e. The van der Waals surface area contributed by atoms with Crippen molar-refractivity contribution in [3.8, 4) is 5.88 Å². The molecule has 3 aromatic rings. The van der Waals surface area contributed by atoms with Crippen LogP contribution in [0.25, 0.3) is 6.08 Å². The van der Waals surface area contributed by atoms with Gasteiger partial charge < -0.3 is 10.1 Å². The van der Waals surface area contributed by atoms with Crippen LogP contribution in [0.1, 0.15) is 4.88 Å². The van der Waals surface area contributed by atoms with Crippen LogP contribution in [0, 0.1) is 0 Å². The lowest BCUT2D eigenvalue weighted by atomic mass is 10.3. The first-order valence-electron chi connectivity index (χ1n) is 8.20. The van der Waals surface area contributed by atoms with Crippen LogP contribution in [0.15, 0.2) is 52.7 Å². The zero-order valence-electron chi connectivity index (χ0n) is 15.4. The Hall–Kier alpha value is -2.87. The number of rotatable bonds is 7. The minimum absolute atomic E-state index is 0.0111. The van der Waals surface area contributed by atoms with Crippen LogP contribution in [-0.4, -0.2) is 35.3 Å². The molecule has 0 saturated carbocycles. The quantitative estimate of drug-likeness (QED) is 0.348. The number of aromatic nitrogens is 2. The Morgan fingerprint density at radius 2 is 1.97 bits per heavy atom. The van der Waals surface area contributed by atoms with Crippen LogP contribution in [-0.2, 0) is 14.8 Å². The number of hydrogen-bond acceptors (Lipinski definition) is 9. The second kappa shape index (κ2) is 9.75. The Bertz CT molecular complexity index is 1160. The SMILES string of the molecule is COc1nsnc1NS(=O)(=O)c1ccc(NC(=S)NC(=O)C=Cc2cccs2)cc1. The van der Waals surface area contributed by atoms with Crippen molar-refractivity contribution < 1.29 is 17.9 Å². The van der Waals surface area contributed by atoms with Gasteiger partial charge in [0.05, 0.1) is 23.7 Å². The number of carbonyl (C=O) groups is 1. The van der Waals surface area contributed by atoms with Crippen molar-refractivity contribution in [2.24, 2.45) is 0 Å². The van der Waals surface area contributed by atoms with Gasteiger partial charge in [0.15, 0.2) is 5.11 Å². The molecule has 0 atom stereocenters. The van der Waals surface area contributed by atoms with Crippen molar-refractivity contribution in [2.75, 3.05) is 17.1 Å². The van der Waals surface area contributed by atoms with Gasteiger partial charge in [0.25, 0.3) is 15.9 Å². The summed E-state index contributed by atoms with van der Waals surface area (Å²) in [6, 6.07) is 9.58. The molecule has 2 heterocycles. The highest BCUT2D eigenvalue weighted by Gasteiger charge is 2.19. The molecular formula is C17H15N5O4S4. The van der Waals surface area contributed by atoms with E-state index in [2.05, 4.69) is 24.1 Å². The van der Waals surface area contributed by atoms with Gasteiger partial charge in [-0.25, -0.2) is 8.42 Å². The summed E-state index contributed by atoms with van der Waals surface area (Å²) in [5.41, 5.74) is 0.509. The molecule has 0 unspecified atom stereocenters. The number of amides is 1. The van der Waals surface area contributed by atoms with Crippen molar-refractivity contribution in [1.82, 2.24) is 14.1 Å². The summed E-state index contributed by atoms with van der Waals surface area (Å²) in [5, 5.41) is 7.34. The maximum absolute atomic E-state index is 12.5. The first-order chi connectivity index (χ1) is 14.4. The van der Waals surface area contributed by atoms with Crippen molar-refractivity contribution in [3.63, 3.8) is 0 Å². The van der Waals surface area contributed by atoms with Crippen LogP contribution in [0.4, 0.5) is 11.5 Å². The Morgan fingerprint density at radius 3 is 2.63 bits per heavy atom. The normalized spacial score (nSPS) is 11.2. The fourth-order valence-corrected chi connectivity index (χ4v) is 4.52. The van der Waals surface area contributed by atoms with E-state index in [-0.39, 0.29) is 27.6 Å². The van der Waals surface area contributed by atoms with Gasteiger partial charge in [0.2, 0.25) is 11.7 Å². The third-order valence-corrected chi connectivity index (χ3v) is 6.39. The van der Waals surface area contributed by atoms with Gasteiger partial charge in [0, 0.05) is 16.6 Å². The van der Waals surface area contributed by atoms with E-state index in [0.29, 0.717) is 5.69 Å². The number of anilines is 2. The van der Waals surface area contributed by atoms with E-state index in [4.69, 9.17) is 17.0 Å². The van der Waals surface area contributed by atoms with Crippen molar-refractivity contribution >= 4 is 73.9 Å². The smallest absolute Gasteiger partial charge is 0.271 e. The molecule has 3 N–H and O–H groups in total. The summed E-state index contributed by atoms with van der Waals surface area (Å²) in [7, 11) is -2.50. The molecule has 0 aliphatic rings. The van der Waals surface area contributed by atoms with E-state index >= 15 is 0 Å². The van der Waals surface area contributed by atoms with E-state index in [1.807, 2.05) is 17.5 Å². The van der Waals surface area contributed by atoms with E-state index < -0.39 is 10.0 Å². The van der Waals surface area contributed by atoms with Crippen LogP contribution < -0.4 is 20.1 Å². The van der Waals surface area contributed by atoms with Gasteiger partial charge in [-0.15, -0.1) is 15.7 Å². The van der Waals surface area contributed by atoms with Crippen molar-refractivity contribution in [2.45, 2.75) is 4.90 Å². The Kier molecular flexibility index (Phi) is 7.10. The van der Waals surface area contributed by atoms with Crippen molar-refractivity contribution in [1.29, 1.82) is 0 Å². The Morgan fingerprint density at radius 1 is 1.20 bits per heavy atom. The second-order valence-corrected chi connectivity index (χ2v) is 9.14. The molecule has 0 bridgehead atoms. The fourth-order valence-electron chi connectivity index (χ4n) is 2.14. The number of hydrogen-bond donors (Lipinski definition) is 3. The summed E-state index contributed by atoms with van der Waals surface area (Å²) >= 11 is 7.44. The Balaban J connectivity index is 1.58. The first-order valence-corrected chi connectivity index (χ1v) is 11.7. The number of nitrogens with one attached hydrogen (secondary N) is 3. The largest absolute Gasteiger partial charge is 0.478 e. The molecule has 13 heteroatoms. The second-order valence-electron chi connectivity index (χ2n) is 5.54. The molecule has 0 saturated heterocycles. The van der Waals surface area contributed by atoms with Gasteiger partial charge in [-0.2, -0.15) is 4.37 Å². The highest BCUT2D eigenvalue weighted by molar-refractivity contribution is 7.92. The van der Waals surface area contributed by atoms with Gasteiger partial charge in [-0.3, -0.25) is 14.8 Å². The molecule has 0 spiro atoms. The maximum Gasteiger partial charge on any atom is 0.271 e. The van der Waals surface area contributed by atoms with Crippen LogP contribution in [0.5, 0.6) is 5.88 Å². The summed E-state index contributed by atoms with van der Waals surface area (Å²) < 4.78 is 39.9. The fraction of sp³-hybridized carbons (Fsp3) is 0.0588. The molecule has 1 amide bonds. The molecule has 156 valence electrons. The van der Waals surface area contributed by atoms with Crippen LogP contribution in [0.3, 0.4) is 0 Å². The lowest BCUT2D eigenvalue weighted by molar-refractivity contribution is -0.115. The molecule has 30 heavy (non-hydrogen) atoms. The van der Waals surface area contributed by atoms with E-state index in [9.17, 15) is 13.2 Å². The number of nitrogens with zero attached hydrogens (tertiary/aromatic N) is 2. The molecule has 2 aromatic heterocycles.